The first-order chi connectivity index (χ1) is 5.77. The fourth-order valence-corrected chi connectivity index (χ4v) is 1.14. The van der Waals surface area contributed by atoms with Gasteiger partial charge in [0.05, 0.1) is 0 Å². The van der Waals surface area contributed by atoms with Gasteiger partial charge in [0.15, 0.2) is 0 Å². The standard InChI is InChI=1S/C10H18F2/c1-2-3-4-5-6-7-8-9-10(11)12/h9H,2-8H2,1H3. The van der Waals surface area contributed by atoms with E-state index < -0.39 is 6.08 Å². The van der Waals surface area contributed by atoms with Gasteiger partial charge in [-0.2, -0.15) is 8.78 Å². The molecule has 0 aromatic carbocycles. The van der Waals surface area contributed by atoms with Crippen molar-refractivity contribution in [2.45, 2.75) is 51.9 Å². The van der Waals surface area contributed by atoms with Gasteiger partial charge in [-0.3, -0.25) is 0 Å². The molecule has 0 aliphatic carbocycles. The highest BCUT2D eigenvalue weighted by atomic mass is 19.3. The van der Waals surface area contributed by atoms with Crippen LogP contribution in [0.25, 0.3) is 0 Å². The first-order valence-electron chi connectivity index (χ1n) is 4.78. The van der Waals surface area contributed by atoms with Crippen molar-refractivity contribution in [2.75, 3.05) is 0 Å². The Balaban J connectivity index is 2.96. The summed E-state index contributed by atoms with van der Waals surface area (Å²) in [5.41, 5.74) is 0. The smallest absolute Gasteiger partial charge is 0.174 e. The molecule has 0 heterocycles. The van der Waals surface area contributed by atoms with Crippen molar-refractivity contribution in [3.05, 3.63) is 12.2 Å². The third-order valence-corrected chi connectivity index (χ3v) is 1.86. The second-order valence-electron chi connectivity index (χ2n) is 3.05. The maximum atomic E-state index is 11.5. The lowest BCUT2D eigenvalue weighted by molar-refractivity contribution is 0.416. The molecule has 0 aliphatic heterocycles. The van der Waals surface area contributed by atoms with Gasteiger partial charge in [0.1, 0.15) is 0 Å². The molecular formula is C10H18F2. The van der Waals surface area contributed by atoms with Crippen LogP contribution >= 0.6 is 0 Å². The summed E-state index contributed by atoms with van der Waals surface area (Å²) in [6.07, 6.45) is 6.95. The number of rotatable bonds is 7. The van der Waals surface area contributed by atoms with Crippen LogP contribution in [0.5, 0.6) is 0 Å². The van der Waals surface area contributed by atoms with Gasteiger partial charge in [0.25, 0.3) is 6.08 Å². The van der Waals surface area contributed by atoms with Gasteiger partial charge in [-0.1, -0.05) is 39.0 Å². The van der Waals surface area contributed by atoms with Gasteiger partial charge in [-0.25, -0.2) is 0 Å². The Hall–Kier alpha value is -0.400. The molecule has 0 aromatic heterocycles. The monoisotopic (exact) mass is 176 g/mol. The minimum absolute atomic E-state index is 0.536. The average molecular weight is 176 g/mol. The van der Waals surface area contributed by atoms with Crippen LogP contribution in [0, 0.1) is 0 Å². The molecule has 0 radical (unpaired) electrons. The highest BCUT2D eigenvalue weighted by Crippen LogP contribution is 2.08. The SMILES string of the molecule is CCCCCCCCC=C(F)F. The molecule has 0 unspecified atom stereocenters. The molecule has 0 rings (SSSR count). The first-order valence-corrected chi connectivity index (χ1v) is 4.78. The van der Waals surface area contributed by atoms with E-state index in [-0.39, 0.29) is 0 Å². The van der Waals surface area contributed by atoms with E-state index in [9.17, 15) is 8.78 Å². The molecule has 0 amide bonds. The molecule has 0 fully saturated rings. The second kappa shape index (κ2) is 8.69. The summed E-state index contributed by atoms with van der Waals surface area (Å²) in [4.78, 5) is 0. The lowest BCUT2D eigenvalue weighted by atomic mass is 10.1. The number of hydrogen-bond acceptors (Lipinski definition) is 0. The van der Waals surface area contributed by atoms with E-state index in [1.165, 1.54) is 25.7 Å². The third kappa shape index (κ3) is 9.60. The molecule has 0 saturated carbocycles. The average Bonchev–Trinajstić information content (AvgIpc) is 2.02. The second-order valence-corrected chi connectivity index (χ2v) is 3.05. The summed E-state index contributed by atoms with van der Waals surface area (Å²) in [5, 5.41) is 0. The Labute approximate surface area is 73.7 Å². The van der Waals surface area contributed by atoms with Crippen LogP contribution in [-0.2, 0) is 0 Å². The summed E-state index contributed by atoms with van der Waals surface area (Å²) in [6, 6.07) is 0. The van der Waals surface area contributed by atoms with Gasteiger partial charge < -0.3 is 0 Å². The van der Waals surface area contributed by atoms with Crippen LogP contribution < -0.4 is 0 Å². The van der Waals surface area contributed by atoms with Crippen molar-refractivity contribution < 1.29 is 8.78 Å². The topological polar surface area (TPSA) is 0 Å². The lowest BCUT2D eigenvalue weighted by Gasteiger charge is -1.96. The molecule has 0 aliphatic rings. The van der Waals surface area contributed by atoms with Crippen LogP contribution in [0.1, 0.15) is 51.9 Å². The molecule has 0 aromatic rings. The minimum Gasteiger partial charge on any atom is -0.174 e. The third-order valence-electron chi connectivity index (χ3n) is 1.86. The van der Waals surface area contributed by atoms with Crippen molar-refractivity contribution in [2.24, 2.45) is 0 Å². The number of hydrogen-bond donors (Lipinski definition) is 0. The number of unbranched alkanes of at least 4 members (excludes halogenated alkanes) is 6. The fraction of sp³-hybridized carbons (Fsp3) is 0.800. The number of allylic oxidation sites excluding steroid dienone is 1. The highest BCUT2D eigenvalue weighted by Gasteiger charge is 1.90. The van der Waals surface area contributed by atoms with Gasteiger partial charge >= 0.3 is 0 Å². The van der Waals surface area contributed by atoms with Crippen LogP contribution in [0.2, 0.25) is 0 Å². The molecule has 12 heavy (non-hydrogen) atoms. The highest BCUT2D eigenvalue weighted by molar-refractivity contribution is 4.79. The summed E-state index contributed by atoms with van der Waals surface area (Å²) >= 11 is 0. The number of halogens is 2. The zero-order valence-corrected chi connectivity index (χ0v) is 7.78. The van der Waals surface area contributed by atoms with Gasteiger partial charge in [-0.15, -0.1) is 0 Å². The Morgan fingerprint density at radius 1 is 1.00 bits per heavy atom. The van der Waals surface area contributed by atoms with Gasteiger partial charge in [-0.05, 0) is 18.9 Å². The summed E-state index contributed by atoms with van der Waals surface area (Å²) in [6.45, 7) is 2.17. The Morgan fingerprint density at radius 2 is 1.58 bits per heavy atom. The fourth-order valence-electron chi connectivity index (χ4n) is 1.14. The van der Waals surface area contributed by atoms with E-state index in [2.05, 4.69) is 6.92 Å². The van der Waals surface area contributed by atoms with E-state index in [1.54, 1.807) is 0 Å². The molecule has 0 atom stereocenters. The largest absolute Gasteiger partial charge is 0.266 e. The molecule has 0 spiro atoms. The van der Waals surface area contributed by atoms with E-state index in [0.29, 0.717) is 6.42 Å². The van der Waals surface area contributed by atoms with E-state index in [0.717, 1.165) is 18.9 Å². The van der Waals surface area contributed by atoms with Crippen molar-refractivity contribution in [3.63, 3.8) is 0 Å². The molecular weight excluding hydrogens is 158 g/mol. The molecule has 2 heteroatoms. The Morgan fingerprint density at radius 3 is 2.17 bits per heavy atom. The normalized spacial score (nSPS) is 9.92. The first kappa shape index (κ1) is 11.6. The summed E-state index contributed by atoms with van der Waals surface area (Å²) in [5.74, 6) is 0. The zero-order chi connectivity index (χ0) is 9.23. The Kier molecular flexibility index (Phi) is 8.40. The predicted octanol–water partition coefficient (Wildman–Crippen LogP) is 4.52. The van der Waals surface area contributed by atoms with Crippen molar-refractivity contribution in [1.82, 2.24) is 0 Å². The maximum Gasteiger partial charge on any atom is 0.266 e. The molecule has 0 nitrogen and oxygen atoms in total. The van der Waals surface area contributed by atoms with Crippen molar-refractivity contribution >= 4 is 0 Å². The van der Waals surface area contributed by atoms with E-state index >= 15 is 0 Å². The van der Waals surface area contributed by atoms with Crippen molar-refractivity contribution in [3.8, 4) is 0 Å². The Bertz CT molecular complexity index is 115. The molecule has 0 N–H and O–H groups in total. The molecule has 0 saturated heterocycles. The zero-order valence-electron chi connectivity index (χ0n) is 7.78. The maximum absolute atomic E-state index is 11.5. The van der Waals surface area contributed by atoms with Gasteiger partial charge in [0.2, 0.25) is 0 Å². The van der Waals surface area contributed by atoms with Crippen LogP contribution in [0.3, 0.4) is 0 Å². The predicted molar refractivity (Wildman–Crippen MR) is 48.3 cm³/mol. The van der Waals surface area contributed by atoms with Crippen LogP contribution in [-0.4, -0.2) is 0 Å². The van der Waals surface area contributed by atoms with E-state index in [1.807, 2.05) is 0 Å². The van der Waals surface area contributed by atoms with Crippen LogP contribution in [0.15, 0.2) is 12.2 Å². The molecule has 72 valence electrons. The molecule has 0 bridgehead atoms. The lowest BCUT2D eigenvalue weighted by Crippen LogP contribution is -1.77. The van der Waals surface area contributed by atoms with E-state index in [4.69, 9.17) is 0 Å². The van der Waals surface area contributed by atoms with Crippen molar-refractivity contribution in [1.29, 1.82) is 0 Å². The summed E-state index contributed by atoms with van der Waals surface area (Å²) < 4.78 is 23.1. The quantitative estimate of drug-likeness (QED) is 0.500. The minimum atomic E-state index is -1.54. The van der Waals surface area contributed by atoms with Crippen LogP contribution in [0.4, 0.5) is 8.78 Å². The van der Waals surface area contributed by atoms with Gasteiger partial charge in [0, 0.05) is 0 Å². The summed E-state index contributed by atoms with van der Waals surface area (Å²) in [7, 11) is 0.